The largest absolute Gasteiger partial charge is 0.462 e. The predicted octanol–water partition coefficient (Wildman–Crippen LogP) is 18.6. The highest BCUT2D eigenvalue weighted by Crippen LogP contribution is 2.13. The minimum absolute atomic E-state index is 0.115. The lowest BCUT2D eigenvalue weighted by Crippen LogP contribution is -2.30. The van der Waals surface area contributed by atoms with Crippen LogP contribution in [-0.2, 0) is 28.6 Å². The molecule has 1 atom stereocenters. The number of hydrogen-bond acceptors (Lipinski definition) is 6. The van der Waals surface area contributed by atoms with Crippen LogP contribution in [0.3, 0.4) is 0 Å². The second-order valence-electron chi connectivity index (χ2n) is 17.7. The van der Waals surface area contributed by atoms with Gasteiger partial charge in [0.15, 0.2) is 6.10 Å². The first-order valence-electron chi connectivity index (χ1n) is 27.7. The molecule has 388 valence electrons. The van der Waals surface area contributed by atoms with Crippen LogP contribution in [0.25, 0.3) is 0 Å². The molecule has 6 heteroatoms. The van der Waals surface area contributed by atoms with E-state index in [-0.39, 0.29) is 31.6 Å². The number of carbonyl (C=O) groups is 3. The summed E-state index contributed by atoms with van der Waals surface area (Å²) in [7, 11) is 0. The third-order valence-electron chi connectivity index (χ3n) is 11.2. The van der Waals surface area contributed by atoms with Crippen LogP contribution >= 0.6 is 0 Å². The number of rotatable bonds is 48. The summed E-state index contributed by atoms with van der Waals surface area (Å²) in [5.41, 5.74) is 0. The van der Waals surface area contributed by atoms with Crippen LogP contribution in [0.1, 0.15) is 226 Å². The minimum Gasteiger partial charge on any atom is -0.462 e. The molecule has 0 saturated heterocycles. The lowest BCUT2D eigenvalue weighted by molar-refractivity contribution is -0.166. The maximum atomic E-state index is 12.8. The third-order valence-corrected chi connectivity index (χ3v) is 11.2. The zero-order valence-electron chi connectivity index (χ0n) is 44.3. The van der Waals surface area contributed by atoms with Gasteiger partial charge in [0, 0.05) is 19.3 Å². The second-order valence-corrected chi connectivity index (χ2v) is 17.7. The number of hydrogen-bond donors (Lipinski definition) is 0. The van der Waals surface area contributed by atoms with E-state index in [1.54, 1.807) is 0 Å². The number of unbranched alkanes of at least 4 members (excludes halogenated alkanes) is 15. The second kappa shape index (κ2) is 56.1. The predicted molar refractivity (Wildman–Crippen MR) is 297 cm³/mol. The molecule has 0 aromatic heterocycles. The first-order chi connectivity index (χ1) is 34.0. The van der Waals surface area contributed by atoms with E-state index in [1.165, 1.54) is 51.4 Å². The van der Waals surface area contributed by atoms with E-state index < -0.39 is 12.1 Å². The van der Waals surface area contributed by atoms with E-state index in [2.05, 4.69) is 142 Å². The molecule has 6 nitrogen and oxygen atoms in total. The van der Waals surface area contributed by atoms with Crippen molar-refractivity contribution in [3.8, 4) is 0 Å². The van der Waals surface area contributed by atoms with Crippen molar-refractivity contribution in [1.82, 2.24) is 0 Å². The van der Waals surface area contributed by atoms with Crippen LogP contribution in [0.5, 0.6) is 0 Å². The Hall–Kier alpha value is -4.45. The van der Waals surface area contributed by atoms with Gasteiger partial charge in [0.05, 0.1) is 0 Å². The Morgan fingerprint density at radius 2 is 0.594 bits per heavy atom. The number of carbonyl (C=O) groups excluding carboxylic acids is 3. The fraction of sp³-hybridized carbons (Fsp3) is 0.603. The number of ether oxygens (including phenoxy) is 3. The van der Waals surface area contributed by atoms with Gasteiger partial charge in [-0.1, -0.05) is 238 Å². The monoisotopic (exact) mass is 953 g/mol. The molecular formula is C63H100O6. The molecule has 0 heterocycles. The lowest BCUT2D eigenvalue weighted by Gasteiger charge is -2.18. The standard InChI is InChI=1S/C63H100O6/c1-4-7-10-13-16-19-22-24-25-26-27-28-29-30-31-32-33-34-35-36-37-39-41-44-47-50-53-56-62(65)68-59-60(58-67-61(64)55-52-49-46-43-40-21-18-15-12-9-6-3)69-63(66)57-54-51-48-45-42-38-23-20-17-14-11-8-5-2/h7-8,10-11,16-17,19-20,24-25,27-28,30-31,33-34,36-38,42,48,51,60H,4-6,9,12-15,18,21-23,26,29,32,35,39-41,43-47,49-50,52-59H2,1-3H3/b10-7-,11-8-,19-16-,20-17-,25-24-,28-27-,31-30-,34-33-,37-36-,42-38-,51-48-. The van der Waals surface area contributed by atoms with E-state index >= 15 is 0 Å². The Morgan fingerprint density at radius 1 is 0.304 bits per heavy atom. The first kappa shape index (κ1) is 64.5. The SMILES string of the molecule is CC/C=C\C/C=C\C/C=C\C/C=C\C/C=C\C/C=C\C/C=C\CCCCCCCC(=O)OCC(COC(=O)CCCCCCCCCCCCC)OC(=O)CC/C=C\C/C=C\C/C=C\C/C=C\CC. The first-order valence-corrected chi connectivity index (χ1v) is 27.7. The molecular weight excluding hydrogens is 853 g/mol. The van der Waals surface area contributed by atoms with Gasteiger partial charge < -0.3 is 14.2 Å². The molecule has 0 N–H and O–H groups in total. The topological polar surface area (TPSA) is 78.9 Å². The van der Waals surface area contributed by atoms with Crippen molar-refractivity contribution in [1.29, 1.82) is 0 Å². The van der Waals surface area contributed by atoms with Gasteiger partial charge in [-0.15, -0.1) is 0 Å². The Balaban J connectivity index is 4.39. The Labute approximate surface area is 424 Å². The van der Waals surface area contributed by atoms with Crippen molar-refractivity contribution in [2.45, 2.75) is 232 Å². The van der Waals surface area contributed by atoms with Gasteiger partial charge >= 0.3 is 17.9 Å². The third kappa shape index (κ3) is 54.4. The molecule has 0 spiro atoms. The molecule has 0 fully saturated rings. The van der Waals surface area contributed by atoms with Gasteiger partial charge in [0.25, 0.3) is 0 Å². The molecule has 0 bridgehead atoms. The van der Waals surface area contributed by atoms with E-state index in [1.807, 2.05) is 12.2 Å². The van der Waals surface area contributed by atoms with E-state index in [9.17, 15) is 14.4 Å². The minimum atomic E-state index is -0.826. The van der Waals surface area contributed by atoms with Crippen molar-refractivity contribution < 1.29 is 28.6 Å². The maximum absolute atomic E-state index is 12.8. The lowest BCUT2D eigenvalue weighted by atomic mass is 10.1. The molecule has 0 aromatic carbocycles. The van der Waals surface area contributed by atoms with Gasteiger partial charge in [0.1, 0.15) is 13.2 Å². The summed E-state index contributed by atoms with van der Waals surface area (Å²) >= 11 is 0. The van der Waals surface area contributed by atoms with E-state index in [4.69, 9.17) is 14.2 Å². The van der Waals surface area contributed by atoms with Gasteiger partial charge in [-0.3, -0.25) is 14.4 Å². The highest BCUT2D eigenvalue weighted by molar-refractivity contribution is 5.71. The molecule has 0 saturated carbocycles. The quantitative estimate of drug-likeness (QED) is 0.0262. The Bertz CT molecular complexity index is 1510. The average Bonchev–Trinajstić information content (AvgIpc) is 3.35. The fourth-order valence-corrected chi connectivity index (χ4v) is 7.08. The van der Waals surface area contributed by atoms with Crippen LogP contribution in [0.4, 0.5) is 0 Å². The van der Waals surface area contributed by atoms with E-state index in [0.717, 1.165) is 128 Å². The molecule has 0 amide bonds. The average molecular weight is 953 g/mol. The normalized spacial score (nSPS) is 13.1. The molecule has 1 unspecified atom stereocenters. The zero-order chi connectivity index (χ0) is 50.0. The summed E-state index contributed by atoms with van der Waals surface area (Å²) in [4.78, 5) is 38.0. The zero-order valence-corrected chi connectivity index (χ0v) is 44.3. The summed E-state index contributed by atoms with van der Waals surface area (Å²) < 4.78 is 16.7. The molecule has 0 aromatic rings. The van der Waals surface area contributed by atoms with E-state index in [0.29, 0.717) is 19.3 Å². The van der Waals surface area contributed by atoms with Gasteiger partial charge in [0.2, 0.25) is 0 Å². The Kier molecular flexibility index (Phi) is 52.5. The summed E-state index contributed by atoms with van der Waals surface area (Å²) in [6, 6.07) is 0. The maximum Gasteiger partial charge on any atom is 0.306 e. The molecule has 0 radical (unpaired) electrons. The van der Waals surface area contributed by atoms with Gasteiger partial charge in [-0.25, -0.2) is 0 Å². The molecule has 0 aliphatic heterocycles. The van der Waals surface area contributed by atoms with Crippen molar-refractivity contribution in [3.63, 3.8) is 0 Å². The number of allylic oxidation sites excluding steroid dienone is 22. The van der Waals surface area contributed by atoms with Crippen LogP contribution in [0.2, 0.25) is 0 Å². The van der Waals surface area contributed by atoms with Crippen LogP contribution in [-0.4, -0.2) is 37.2 Å². The van der Waals surface area contributed by atoms with Crippen molar-refractivity contribution in [2.24, 2.45) is 0 Å². The summed E-state index contributed by atoms with van der Waals surface area (Å²) in [5, 5.41) is 0. The smallest absolute Gasteiger partial charge is 0.306 e. The van der Waals surface area contributed by atoms with Gasteiger partial charge in [-0.05, 0) is 103 Å². The number of esters is 3. The highest BCUT2D eigenvalue weighted by atomic mass is 16.6. The highest BCUT2D eigenvalue weighted by Gasteiger charge is 2.19. The van der Waals surface area contributed by atoms with Crippen LogP contribution in [0, 0.1) is 0 Å². The summed E-state index contributed by atoms with van der Waals surface area (Å²) in [5.74, 6) is -1.03. The van der Waals surface area contributed by atoms with Crippen LogP contribution < -0.4 is 0 Å². The fourth-order valence-electron chi connectivity index (χ4n) is 7.08. The molecule has 69 heavy (non-hydrogen) atoms. The van der Waals surface area contributed by atoms with Crippen molar-refractivity contribution >= 4 is 17.9 Å². The van der Waals surface area contributed by atoms with Crippen LogP contribution in [0.15, 0.2) is 134 Å². The Morgan fingerprint density at radius 3 is 0.942 bits per heavy atom. The molecule has 0 aliphatic rings. The van der Waals surface area contributed by atoms with Crippen molar-refractivity contribution in [3.05, 3.63) is 134 Å². The van der Waals surface area contributed by atoms with Gasteiger partial charge in [-0.2, -0.15) is 0 Å². The molecule has 0 rings (SSSR count). The molecule has 0 aliphatic carbocycles. The van der Waals surface area contributed by atoms with Crippen molar-refractivity contribution in [2.75, 3.05) is 13.2 Å². The summed E-state index contributed by atoms with van der Waals surface area (Å²) in [6.45, 7) is 6.31. The summed E-state index contributed by atoms with van der Waals surface area (Å²) in [6.07, 6.45) is 78.9.